The van der Waals surface area contributed by atoms with Crippen molar-refractivity contribution in [1.82, 2.24) is 10.1 Å². The molecule has 3 rings (SSSR count). The van der Waals surface area contributed by atoms with Gasteiger partial charge in [-0.3, -0.25) is 0 Å². The number of hydrogen-bond donors (Lipinski definition) is 1. The third-order valence-corrected chi connectivity index (χ3v) is 5.19. The van der Waals surface area contributed by atoms with E-state index in [2.05, 4.69) is 24.0 Å². The highest BCUT2D eigenvalue weighted by Crippen LogP contribution is 2.46. The Morgan fingerprint density at radius 1 is 1.11 bits per heavy atom. The van der Waals surface area contributed by atoms with Crippen molar-refractivity contribution in [2.75, 3.05) is 0 Å². The van der Waals surface area contributed by atoms with E-state index in [0.717, 1.165) is 31.0 Å². The van der Waals surface area contributed by atoms with Crippen molar-refractivity contribution in [3.63, 3.8) is 0 Å². The molecule has 0 aliphatic heterocycles. The Hall–Kier alpha value is -0.900. The summed E-state index contributed by atoms with van der Waals surface area (Å²) in [7, 11) is 0. The molecule has 0 spiro atoms. The van der Waals surface area contributed by atoms with E-state index < -0.39 is 0 Å². The van der Waals surface area contributed by atoms with E-state index in [9.17, 15) is 0 Å². The maximum absolute atomic E-state index is 6.41. The normalized spacial score (nSPS) is 29.5. The Morgan fingerprint density at radius 3 is 2.47 bits per heavy atom. The minimum absolute atomic E-state index is 0.263. The van der Waals surface area contributed by atoms with E-state index in [1.165, 1.54) is 32.1 Å². The van der Waals surface area contributed by atoms with E-state index in [0.29, 0.717) is 5.92 Å². The lowest BCUT2D eigenvalue weighted by Crippen LogP contribution is -2.34. The van der Waals surface area contributed by atoms with Gasteiger partial charge in [0.1, 0.15) is 0 Å². The molecule has 0 bridgehead atoms. The first-order valence-corrected chi connectivity index (χ1v) is 7.64. The van der Waals surface area contributed by atoms with Gasteiger partial charge in [-0.05, 0) is 31.1 Å². The Morgan fingerprint density at radius 2 is 1.79 bits per heavy atom. The van der Waals surface area contributed by atoms with Crippen LogP contribution in [0.15, 0.2) is 4.52 Å². The van der Waals surface area contributed by atoms with Crippen molar-refractivity contribution in [2.24, 2.45) is 11.1 Å². The number of nitrogens with two attached hydrogens (primary N) is 1. The highest BCUT2D eigenvalue weighted by molar-refractivity contribution is 5.10. The number of aromatic nitrogens is 2. The van der Waals surface area contributed by atoms with Gasteiger partial charge in [-0.25, -0.2) is 0 Å². The molecule has 4 heteroatoms. The van der Waals surface area contributed by atoms with Crippen LogP contribution in [0.2, 0.25) is 0 Å². The van der Waals surface area contributed by atoms with Crippen molar-refractivity contribution in [3.8, 4) is 0 Å². The third-order valence-electron chi connectivity index (χ3n) is 5.19. The second-order valence-corrected chi connectivity index (χ2v) is 7.11. The maximum Gasteiger partial charge on any atom is 0.230 e. The largest absolute Gasteiger partial charge is 0.339 e. The molecular weight excluding hydrogens is 238 g/mol. The van der Waals surface area contributed by atoms with Crippen molar-refractivity contribution < 1.29 is 4.52 Å². The smallest absolute Gasteiger partial charge is 0.230 e. The lowest BCUT2D eigenvalue weighted by molar-refractivity contribution is 0.164. The van der Waals surface area contributed by atoms with Gasteiger partial charge in [-0.2, -0.15) is 4.98 Å². The fourth-order valence-electron chi connectivity index (χ4n) is 3.76. The molecular formula is C15H25N3O. The molecule has 19 heavy (non-hydrogen) atoms. The summed E-state index contributed by atoms with van der Waals surface area (Å²) in [4.78, 5) is 4.68. The molecule has 0 radical (unpaired) electrons. The first kappa shape index (κ1) is 13.1. The predicted molar refractivity (Wildman–Crippen MR) is 73.6 cm³/mol. The number of nitrogens with zero attached hydrogens (tertiary/aromatic N) is 2. The van der Waals surface area contributed by atoms with E-state index in [1.54, 1.807) is 0 Å². The Kier molecular flexibility index (Phi) is 3.16. The van der Waals surface area contributed by atoms with Crippen molar-refractivity contribution in [3.05, 3.63) is 11.7 Å². The average molecular weight is 263 g/mol. The zero-order valence-electron chi connectivity index (χ0n) is 12.1. The van der Waals surface area contributed by atoms with Gasteiger partial charge in [0.15, 0.2) is 5.82 Å². The topological polar surface area (TPSA) is 64.9 Å². The van der Waals surface area contributed by atoms with E-state index >= 15 is 0 Å². The van der Waals surface area contributed by atoms with Crippen LogP contribution in [-0.4, -0.2) is 10.1 Å². The summed E-state index contributed by atoms with van der Waals surface area (Å²) in [5, 5.41) is 4.20. The minimum atomic E-state index is -0.333. The van der Waals surface area contributed by atoms with Gasteiger partial charge >= 0.3 is 0 Å². The first-order chi connectivity index (χ1) is 9.01. The van der Waals surface area contributed by atoms with Gasteiger partial charge < -0.3 is 10.3 Å². The molecule has 4 nitrogen and oxygen atoms in total. The summed E-state index contributed by atoms with van der Waals surface area (Å²) < 4.78 is 5.58. The lowest BCUT2D eigenvalue weighted by Gasteiger charge is -2.36. The molecule has 1 aromatic heterocycles. The zero-order chi connectivity index (χ0) is 13.5. The van der Waals surface area contributed by atoms with Crippen LogP contribution in [0.4, 0.5) is 0 Å². The van der Waals surface area contributed by atoms with Crippen LogP contribution >= 0.6 is 0 Å². The number of hydrogen-bond acceptors (Lipinski definition) is 4. The molecule has 2 saturated carbocycles. The van der Waals surface area contributed by atoms with Gasteiger partial charge in [0.05, 0.1) is 5.54 Å². The van der Waals surface area contributed by atoms with Crippen LogP contribution in [0.1, 0.15) is 82.8 Å². The van der Waals surface area contributed by atoms with Crippen LogP contribution in [-0.2, 0) is 5.54 Å². The summed E-state index contributed by atoms with van der Waals surface area (Å²) in [6.45, 7) is 4.63. The second-order valence-electron chi connectivity index (χ2n) is 7.11. The molecule has 2 aliphatic rings. The summed E-state index contributed by atoms with van der Waals surface area (Å²) >= 11 is 0. The van der Waals surface area contributed by atoms with Crippen LogP contribution in [0.25, 0.3) is 0 Å². The first-order valence-electron chi connectivity index (χ1n) is 7.64. The van der Waals surface area contributed by atoms with Gasteiger partial charge in [0.25, 0.3) is 0 Å². The summed E-state index contributed by atoms with van der Waals surface area (Å²) in [6.07, 6.45) is 9.30. The van der Waals surface area contributed by atoms with Gasteiger partial charge in [0.2, 0.25) is 5.89 Å². The second kappa shape index (κ2) is 4.58. The number of rotatable bonds is 2. The zero-order valence-corrected chi connectivity index (χ0v) is 12.1. The van der Waals surface area contributed by atoms with Crippen LogP contribution in [0.3, 0.4) is 0 Å². The maximum atomic E-state index is 6.41. The molecule has 0 aromatic carbocycles. The molecule has 1 unspecified atom stereocenters. The Bertz CT molecular complexity index is 446. The molecule has 106 valence electrons. The standard InChI is InChI=1S/C15H25N3O/c1-14(2)8-4-3-7-11(14)12-17-13(18-19-12)15(16)9-5-6-10-15/h11H,3-10,16H2,1-2H3. The predicted octanol–water partition coefficient (Wildman–Crippen LogP) is 3.48. The van der Waals surface area contributed by atoms with E-state index in [4.69, 9.17) is 10.3 Å². The molecule has 2 aliphatic carbocycles. The molecule has 1 heterocycles. The molecule has 0 amide bonds. The molecule has 2 fully saturated rings. The molecule has 2 N–H and O–H groups in total. The summed E-state index contributed by atoms with van der Waals surface area (Å²) in [5.41, 5.74) is 6.34. The van der Waals surface area contributed by atoms with Crippen LogP contribution < -0.4 is 5.73 Å². The fraction of sp³-hybridized carbons (Fsp3) is 0.867. The highest BCUT2D eigenvalue weighted by atomic mass is 16.5. The molecule has 1 atom stereocenters. The Balaban J connectivity index is 1.84. The van der Waals surface area contributed by atoms with Crippen LogP contribution in [0, 0.1) is 5.41 Å². The highest BCUT2D eigenvalue weighted by Gasteiger charge is 2.40. The monoisotopic (exact) mass is 263 g/mol. The van der Waals surface area contributed by atoms with Crippen LogP contribution in [0.5, 0.6) is 0 Å². The van der Waals surface area contributed by atoms with Gasteiger partial charge in [0, 0.05) is 5.92 Å². The van der Waals surface area contributed by atoms with Gasteiger partial charge in [-0.1, -0.05) is 44.7 Å². The third kappa shape index (κ3) is 2.31. The average Bonchev–Trinajstić information content (AvgIpc) is 2.98. The van der Waals surface area contributed by atoms with Crippen molar-refractivity contribution in [1.29, 1.82) is 0 Å². The molecule has 0 saturated heterocycles. The van der Waals surface area contributed by atoms with Crippen molar-refractivity contribution in [2.45, 2.75) is 76.7 Å². The van der Waals surface area contributed by atoms with E-state index in [-0.39, 0.29) is 11.0 Å². The van der Waals surface area contributed by atoms with E-state index in [1.807, 2.05) is 0 Å². The Labute approximate surface area is 115 Å². The quantitative estimate of drug-likeness (QED) is 0.887. The fourth-order valence-corrected chi connectivity index (χ4v) is 3.76. The molecule has 1 aromatic rings. The van der Waals surface area contributed by atoms with Crippen molar-refractivity contribution >= 4 is 0 Å². The lowest BCUT2D eigenvalue weighted by atomic mass is 9.69. The summed E-state index contributed by atoms with van der Waals surface area (Å²) in [6, 6.07) is 0. The SMILES string of the molecule is CC1(C)CCCCC1c1nc(C2(N)CCCC2)no1. The van der Waals surface area contributed by atoms with Gasteiger partial charge in [-0.15, -0.1) is 0 Å². The minimum Gasteiger partial charge on any atom is -0.339 e. The summed E-state index contributed by atoms with van der Waals surface area (Å²) in [5.74, 6) is 1.95.